The van der Waals surface area contributed by atoms with Crippen LogP contribution in [0.4, 0.5) is 0 Å². The van der Waals surface area contributed by atoms with Gasteiger partial charge in [-0.25, -0.2) is 9.59 Å². The normalized spacial score (nSPS) is 20.9. The molecule has 62 heavy (non-hydrogen) atoms. The van der Waals surface area contributed by atoms with Gasteiger partial charge in [0, 0.05) is 19.0 Å². The van der Waals surface area contributed by atoms with Crippen LogP contribution in [0, 0.1) is 5.92 Å². The lowest BCUT2D eigenvalue weighted by Gasteiger charge is -2.36. The van der Waals surface area contributed by atoms with Crippen LogP contribution in [-0.2, 0) is 64.0 Å². The molecule has 1 aliphatic carbocycles. The number of carbonyl (C=O) groups is 6. The average Bonchev–Trinajstić information content (AvgIpc) is 3.89. The lowest BCUT2D eigenvalue weighted by Crippen LogP contribution is -2.56. The molecule has 0 unspecified atom stereocenters. The van der Waals surface area contributed by atoms with Gasteiger partial charge in [-0.3, -0.25) is 29.8 Å². The zero-order chi connectivity index (χ0) is 44.8. The molecule has 3 aliphatic rings. The predicted octanol–water partition coefficient (Wildman–Crippen LogP) is 4.95. The second kappa shape index (κ2) is 23.0. The molecule has 0 radical (unpaired) electrons. The first kappa shape index (κ1) is 47.4. The molecule has 8 atom stereocenters. The van der Waals surface area contributed by atoms with Crippen molar-refractivity contribution in [3.05, 3.63) is 107 Å². The smallest absolute Gasteiger partial charge is 0.326 e. The fourth-order valence-corrected chi connectivity index (χ4v) is 8.96. The summed E-state index contributed by atoms with van der Waals surface area (Å²) in [5, 5.41) is 25.6. The number of carbonyl (C=O) groups excluding carboxylic acids is 4. The Hall–Kier alpha value is -5.60. The van der Waals surface area contributed by atoms with E-state index >= 15 is 0 Å². The van der Waals surface area contributed by atoms with E-state index < -0.39 is 54.2 Å². The Kier molecular flexibility index (Phi) is 17.6. The van der Waals surface area contributed by atoms with E-state index in [0.29, 0.717) is 32.1 Å². The van der Waals surface area contributed by atoms with Crippen molar-refractivity contribution in [1.29, 1.82) is 0 Å². The third kappa shape index (κ3) is 12.5. The van der Waals surface area contributed by atoms with Crippen molar-refractivity contribution >= 4 is 35.7 Å². The minimum atomic E-state index is -1.04. The largest absolute Gasteiger partial charge is 0.480 e. The van der Waals surface area contributed by atoms with E-state index in [1.54, 1.807) is 32.6 Å². The van der Waals surface area contributed by atoms with Gasteiger partial charge in [0.15, 0.2) is 0 Å². The number of amides is 2. The summed E-state index contributed by atoms with van der Waals surface area (Å²) < 4.78 is 10.4. The van der Waals surface area contributed by atoms with E-state index in [4.69, 9.17) is 9.47 Å². The Labute approximate surface area is 364 Å². The maximum atomic E-state index is 13.3. The first-order valence-corrected chi connectivity index (χ1v) is 21.9. The van der Waals surface area contributed by atoms with Gasteiger partial charge in [-0.15, -0.1) is 0 Å². The SMILES string of the molecule is CCOC(=O)[C@H](CCc1ccccc1)N[C@@H](C)C(=O)N1Cc2ccccc2C[C@H]1C(=O)O.CCOC(=O)[C@H](CCc1ccccc1)N[C@@H](C)C(=O)N1[C@H](C(=O)O)C[C@@H]2CCC[C@@H]21. The molecule has 1 saturated carbocycles. The molecule has 2 heterocycles. The first-order chi connectivity index (χ1) is 29.8. The number of hydrogen-bond donors (Lipinski definition) is 4. The standard InChI is InChI=1S/C25H30N2O5.C23H32N2O5/c1-3-32-25(31)21(14-13-18-9-5-4-6-10-18)26-17(2)23(28)27-16-20-12-8-7-11-19(20)15-22(27)24(29)30;1-3-30-23(29)18(13-12-16-8-5-4-6-9-16)24-15(2)21(26)25-19-11-7-10-17(19)14-20(25)22(27)28/h4-12,17,21-22,26H,3,13-16H2,1-2H3,(H,29,30);4-6,8-9,15,17-20,24H,3,7,10-14H2,1-2H3,(H,27,28)/t17-,21-,22-;15-,17-,18-,19-,20-/m00/s1. The second-order valence-corrected chi connectivity index (χ2v) is 16.3. The summed E-state index contributed by atoms with van der Waals surface area (Å²) in [6, 6.07) is 22.7. The third-order valence-electron chi connectivity index (χ3n) is 12.1. The minimum Gasteiger partial charge on any atom is -0.480 e. The van der Waals surface area contributed by atoms with Crippen LogP contribution < -0.4 is 10.6 Å². The van der Waals surface area contributed by atoms with Gasteiger partial charge in [0.1, 0.15) is 24.2 Å². The van der Waals surface area contributed by atoms with Crippen molar-refractivity contribution in [2.75, 3.05) is 13.2 Å². The zero-order valence-corrected chi connectivity index (χ0v) is 36.2. The fraction of sp³-hybridized carbons (Fsp3) is 0.500. The lowest BCUT2D eigenvalue weighted by molar-refractivity contribution is -0.153. The highest BCUT2D eigenvalue weighted by molar-refractivity contribution is 5.89. The van der Waals surface area contributed by atoms with Gasteiger partial charge in [0.25, 0.3) is 0 Å². The number of esters is 2. The van der Waals surface area contributed by atoms with Crippen molar-refractivity contribution in [2.24, 2.45) is 5.92 Å². The molecule has 0 bridgehead atoms. The summed E-state index contributed by atoms with van der Waals surface area (Å²) in [6.45, 7) is 7.60. The summed E-state index contributed by atoms with van der Waals surface area (Å²) in [6.07, 6.45) is 5.91. The molecule has 14 nitrogen and oxygen atoms in total. The number of aliphatic carboxylic acids is 2. The van der Waals surface area contributed by atoms with Gasteiger partial charge in [0.05, 0.1) is 25.3 Å². The number of carboxylic acids is 2. The van der Waals surface area contributed by atoms with Crippen LogP contribution in [0.5, 0.6) is 0 Å². The molecule has 14 heteroatoms. The molecule has 334 valence electrons. The van der Waals surface area contributed by atoms with Crippen LogP contribution in [0.1, 0.15) is 88.5 Å². The van der Waals surface area contributed by atoms with Gasteiger partial charge in [-0.2, -0.15) is 0 Å². The monoisotopic (exact) mass is 854 g/mol. The van der Waals surface area contributed by atoms with E-state index in [0.717, 1.165) is 41.5 Å². The number of nitrogens with one attached hydrogen (secondary N) is 2. The Bertz CT molecular complexity index is 1980. The van der Waals surface area contributed by atoms with Crippen molar-refractivity contribution in [2.45, 2.75) is 134 Å². The topological polar surface area (TPSA) is 192 Å². The highest BCUT2D eigenvalue weighted by Crippen LogP contribution is 2.41. The third-order valence-corrected chi connectivity index (χ3v) is 12.1. The lowest BCUT2D eigenvalue weighted by atomic mass is 9.93. The Morgan fingerprint density at radius 3 is 1.65 bits per heavy atom. The molecule has 1 saturated heterocycles. The number of hydrogen-bond acceptors (Lipinski definition) is 10. The number of nitrogens with zero attached hydrogens (tertiary/aromatic N) is 2. The molecule has 0 aromatic heterocycles. The molecule has 2 aliphatic heterocycles. The highest BCUT2D eigenvalue weighted by atomic mass is 16.5. The average molecular weight is 855 g/mol. The van der Waals surface area contributed by atoms with Crippen LogP contribution in [0.2, 0.25) is 0 Å². The molecule has 2 fully saturated rings. The van der Waals surface area contributed by atoms with Crippen LogP contribution in [-0.4, -0.2) is 111 Å². The maximum absolute atomic E-state index is 13.3. The predicted molar refractivity (Wildman–Crippen MR) is 232 cm³/mol. The molecule has 3 aromatic carbocycles. The van der Waals surface area contributed by atoms with Crippen LogP contribution >= 0.6 is 0 Å². The number of aryl methyl sites for hydroxylation is 2. The van der Waals surface area contributed by atoms with Crippen molar-refractivity contribution in [3.8, 4) is 0 Å². The molecule has 0 spiro atoms. The number of likely N-dealkylation sites (tertiary alicyclic amines) is 1. The van der Waals surface area contributed by atoms with E-state index in [2.05, 4.69) is 10.6 Å². The van der Waals surface area contributed by atoms with Crippen LogP contribution in [0.15, 0.2) is 84.9 Å². The molecular weight excluding hydrogens is 793 g/mol. The number of fused-ring (bicyclic) bond motifs is 2. The summed E-state index contributed by atoms with van der Waals surface area (Å²) >= 11 is 0. The van der Waals surface area contributed by atoms with Gasteiger partial charge < -0.3 is 29.5 Å². The molecule has 6 rings (SSSR count). The summed E-state index contributed by atoms with van der Waals surface area (Å²) in [4.78, 5) is 78.1. The minimum absolute atomic E-state index is 0.00629. The Morgan fingerprint density at radius 1 is 0.661 bits per heavy atom. The van der Waals surface area contributed by atoms with Gasteiger partial charge >= 0.3 is 23.9 Å². The number of carboxylic acid groups (broad SMARTS) is 2. The molecule has 3 aromatic rings. The van der Waals surface area contributed by atoms with Gasteiger partial charge in [0.2, 0.25) is 11.8 Å². The van der Waals surface area contributed by atoms with Gasteiger partial charge in [-0.1, -0.05) is 91.3 Å². The Morgan fingerprint density at radius 2 is 1.15 bits per heavy atom. The van der Waals surface area contributed by atoms with E-state index in [1.807, 2.05) is 84.9 Å². The quantitative estimate of drug-likeness (QED) is 0.126. The molecule has 2 amide bonds. The molecule has 4 N–H and O–H groups in total. The van der Waals surface area contributed by atoms with Crippen LogP contribution in [0.25, 0.3) is 0 Å². The highest BCUT2D eigenvalue weighted by Gasteiger charge is 2.49. The molecular formula is C48H62N4O10. The van der Waals surface area contributed by atoms with E-state index in [9.17, 15) is 39.0 Å². The number of rotatable bonds is 18. The zero-order valence-electron chi connectivity index (χ0n) is 36.2. The summed E-state index contributed by atoms with van der Waals surface area (Å²) in [5.41, 5.74) is 4.07. The van der Waals surface area contributed by atoms with E-state index in [-0.39, 0.29) is 55.9 Å². The number of ether oxygens (including phenoxy) is 2. The van der Waals surface area contributed by atoms with Crippen molar-refractivity contribution in [3.63, 3.8) is 0 Å². The summed E-state index contributed by atoms with van der Waals surface area (Å²) in [7, 11) is 0. The first-order valence-electron chi connectivity index (χ1n) is 21.9. The summed E-state index contributed by atoms with van der Waals surface area (Å²) in [5.74, 6) is -3.11. The second-order valence-electron chi connectivity index (χ2n) is 16.3. The fourth-order valence-electron chi connectivity index (χ4n) is 8.96. The maximum Gasteiger partial charge on any atom is 0.326 e. The Balaban J connectivity index is 0.000000235. The van der Waals surface area contributed by atoms with Gasteiger partial charge in [-0.05, 0) is 101 Å². The van der Waals surface area contributed by atoms with Crippen LogP contribution in [0.3, 0.4) is 0 Å². The van der Waals surface area contributed by atoms with E-state index in [1.165, 1.54) is 4.90 Å². The van der Waals surface area contributed by atoms with Crippen molar-refractivity contribution in [1.82, 2.24) is 20.4 Å². The number of benzene rings is 3. The van der Waals surface area contributed by atoms with Crippen molar-refractivity contribution < 1.29 is 48.5 Å².